The fourth-order valence-electron chi connectivity index (χ4n) is 1.06. The molecular weight excluding hydrogens is 140 g/mol. The minimum atomic E-state index is 0.446. The van der Waals surface area contributed by atoms with Gasteiger partial charge in [-0.05, 0) is 23.2 Å². The van der Waals surface area contributed by atoms with E-state index in [-0.39, 0.29) is 0 Å². The molecule has 0 radical (unpaired) electrons. The summed E-state index contributed by atoms with van der Waals surface area (Å²) in [6.07, 6.45) is 4.93. The molecule has 0 atom stereocenters. The molecule has 0 nitrogen and oxygen atoms in total. The van der Waals surface area contributed by atoms with Crippen molar-refractivity contribution in [3.8, 4) is 0 Å². The molecule has 0 saturated heterocycles. The van der Waals surface area contributed by atoms with Gasteiger partial charge in [-0.15, -0.1) is 11.8 Å². The van der Waals surface area contributed by atoms with E-state index in [2.05, 4.69) is 26.8 Å². The minimum Gasteiger partial charge on any atom is -0.130 e. The predicted molar refractivity (Wildman–Crippen MR) is 49.2 cm³/mol. The van der Waals surface area contributed by atoms with Crippen molar-refractivity contribution in [1.82, 2.24) is 0 Å². The molecular formula is C9H16S. The quantitative estimate of drug-likeness (QED) is 0.590. The lowest BCUT2D eigenvalue weighted by Gasteiger charge is -2.23. The zero-order valence-electron chi connectivity index (χ0n) is 7.11. The summed E-state index contributed by atoms with van der Waals surface area (Å²) in [6.45, 7) is 6.92. The molecule has 0 N–H and O–H groups in total. The van der Waals surface area contributed by atoms with Crippen molar-refractivity contribution in [2.75, 3.05) is 5.75 Å². The van der Waals surface area contributed by atoms with Crippen LogP contribution >= 0.6 is 11.8 Å². The van der Waals surface area contributed by atoms with Crippen molar-refractivity contribution in [2.24, 2.45) is 5.41 Å². The number of hydrogen-bond acceptors (Lipinski definition) is 1. The second kappa shape index (κ2) is 3.00. The average molecular weight is 156 g/mol. The third-order valence-corrected chi connectivity index (χ3v) is 3.73. The number of hydrogen-bond donors (Lipinski definition) is 0. The third-order valence-electron chi connectivity index (χ3n) is 2.26. The van der Waals surface area contributed by atoms with Crippen molar-refractivity contribution in [3.05, 3.63) is 11.0 Å². The summed E-state index contributed by atoms with van der Waals surface area (Å²) in [7, 11) is 0. The summed E-state index contributed by atoms with van der Waals surface area (Å²) in [5.41, 5.74) is 0.446. The van der Waals surface area contributed by atoms with Gasteiger partial charge in [-0.1, -0.05) is 26.8 Å². The Labute approximate surface area is 68.1 Å². The molecule has 0 fully saturated rings. The lowest BCUT2D eigenvalue weighted by Crippen LogP contribution is -2.09. The van der Waals surface area contributed by atoms with Crippen LogP contribution in [0.25, 0.3) is 0 Å². The maximum absolute atomic E-state index is 2.40. The molecule has 10 heavy (non-hydrogen) atoms. The molecule has 0 aromatic carbocycles. The zero-order valence-corrected chi connectivity index (χ0v) is 7.92. The van der Waals surface area contributed by atoms with Gasteiger partial charge >= 0.3 is 0 Å². The van der Waals surface area contributed by atoms with E-state index in [4.69, 9.17) is 0 Å². The van der Waals surface area contributed by atoms with Gasteiger partial charge in [-0.2, -0.15) is 0 Å². The second-order valence-electron chi connectivity index (χ2n) is 3.44. The van der Waals surface area contributed by atoms with E-state index < -0.39 is 0 Å². The first kappa shape index (κ1) is 8.19. The van der Waals surface area contributed by atoms with Crippen LogP contribution in [0.15, 0.2) is 11.0 Å². The number of allylic oxidation sites excluding steroid dienone is 2. The van der Waals surface area contributed by atoms with E-state index in [1.54, 1.807) is 4.91 Å². The maximum Gasteiger partial charge on any atom is 0.00119 e. The van der Waals surface area contributed by atoms with Crippen LogP contribution in [0.4, 0.5) is 0 Å². The molecule has 1 rings (SSSR count). The molecule has 0 bridgehead atoms. The minimum absolute atomic E-state index is 0.446. The summed E-state index contributed by atoms with van der Waals surface area (Å²) >= 11 is 2.03. The van der Waals surface area contributed by atoms with Crippen LogP contribution in [-0.2, 0) is 0 Å². The van der Waals surface area contributed by atoms with Gasteiger partial charge in [0, 0.05) is 5.75 Å². The van der Waals surface area contributed by atoms with E-state index in [0.29, 0.717) is 5.41 Å². The highest BCUT2D eigenvalue weighted by atomic mass is 32.2. The Kier molecular flexibility index (Phi) is 2.45. The van der Waals surface area contributed by atoms with Gasteiger partial charge in [0.25, 0.3) is 0 Å². The van der Waals surface area contributed by atoms with E-state index in [9.17, 15) is 0 Å². The summed E-state index contributed by atoms with van der Waals surface area (Å²) in [4.78, 5) is 1.61. The van der Waals surface area contributed by atoms with Gasteiger partial charge in [0.2, 0.25) is 0 Å². The first-order chi connectivity index (χ1) is 4.67. The van der Waals surface area contributed by atoms with Crippen molar-refractivity contribution in [1.29, 1.82) is 0 Å². The molecule has 1 aliphatic rings. The number of rotatable bonds is 2. The third kappa shape index (κ3) is 1.57. The van der Waals surface area contributed by atoms with Crippen LogP contribution in [0.2, 0.25) is 0 Å². The summed E-state index contributed by atoms with van der Waals surface area (Å²) in [5.74, 6) is 1.30. The Morgan fingerprint density at radius 2 is 2.30 bits per heavy atom. The highest BCUT2D eigenvalue weighted by molar-refractivity contribution is 8.03. The van der Waals surface area contributed by atoms with Gasteiger partial charge < -0.3 is 0 Å². The maximum atomic E-state index is 2.40. The standard InChI is InChI=1S/C9H16S/c1-4-9(2,3)8-6-5-7-10-8/h6H,4-5,7H2,1-3H3. The van der Waals surface area contributed by atoms with Gasteiger partial charge in [-0.25, -0.2) is 0 Å². The molecule has 0 saturated carbocycles. The lowest BCUT2D eigenvalue weighted by atomic mass is 9.89. The number of thioether (sulfide) groups is 1. The smallest absolute Gasteiger partial charge is 0.00119 e. The Bertz CT molecular complexity index is 145. The molecule has 0 aliphatic carbocycles. The Hall–Kier alpha value is 0.0900. The Balaban J connectivity index is 2.62. The van der Waals surface area contributed by atoms with Crippen LogP contribution in [0.5, 0.6) is 0 Å². The van der Waals surface area contributed by atoms with E-state index in [1.165, 1.54) is 18.6 Å². The molecule has 58 valence electrons. The SMILES string of the molecule is CCC(C)(C)C1=CCCS1. The fourth-order valence-corrected chi connectivity index (χ4v) is 2.29. The van der Waals surface area contributed by atoms with Crippen LogP contribution in [0, 0.1) is 5.41 Å². The van der Waals surface area contributed by atoms with Crippen molar-refractivity contribution >= 4 is 11.8 Å². The highest BCUT2D eigenvalue weighted by Crippen LogP contribution is 2.41. The molecule has 1 aliphatic heterocycles. The lowest BCUT2D eigenvalue weighted by molar-refractivity contribution is 0.453. The van der Waals surface area contributed by atoms with Crippen molar-refractivity contribution in [2.45, 2.75) is 33.6 Å². The van der Waals surface area contributed by atoms with Crippen LogP contribution in [0.1, 0.15) is 33.6 Å². The van der Waals surface area contributed by atoms with Crippen LogP contribution in [0.3, 0.4) is 0 Å². The van der Waals surface area contributed by atoms with Gasteiger partial charge in [0.05, 0.1) is 0 Å². The Morgan fingerprint density at radius 1 is 1.60 bits per heavy atom. The van der Waals surface area contributed by atoms with E-state index >= 15 is 0 Å². The predicted octanol–water partition coefficient (Wildman–Crippen LogP) is 3.44. The first-order valence-electron chi connectivity index (χ1n) is 4.00. The van der Waals surface area contributed by atoms with Gasteiger partial charge in [0.15, 0.2) is 0 Å². The van der Waals surface area contributed by atoms with Crippen LogP contribution < -0.4 is 0 Å². The molecule has 0 aromatic heterocycles. The topological polar surface area (TPSA) is 0 Å². The highest BCUT2D eigenvalue weighted by Gasteiger charge is 2.23. The Morgan fingerprint density at radius 3 is 2.70 bits per heavy atom. The van der Waals surface area contributed by atoms with E-state index in [0.717, 1.165) is 0 Å². The van der Waals surface area contributed by atoms with Crippen molar-refractivity contribution in [3.63, 3.8) is 0 Å². The van der Waals surface area contributed by atoms with Crippen molar-refractivity contribution < 1.29 is 0 Å². The summed E-state index contributed by atoms with van der Waals surface area (Å²) in [6, 6.07) is 0. The summed E-state index contributed by atoms with van der Waals surface area (Å²) in [5, 5.41) is 0. The molecule has 0 aromatic rings. The fraction of sp³-hybridized carbons (Fsp3) is 0.778. The molecule has 0 unspecified atom stereocenters. The van der Waals surface area contributed by atoms with Gasteiger partial charge in [0.1, 0.15) is 0 Å². The average Bonchev–Trinajstić information content (AvgIpc) is 2.38. The normalized spacial score (nSPS) is 19.3. The van der Waals surface area contributed by atoms with E-state index in [1.807, 2.05) is 11.8 Å². The monoisotopic (exact) mass is 156 g/mol. The molecule has 0 spiro atoms. The molecule has 1 heteroatoms. The zero-order chi connectivity index (χ0) is 7.61. The first-order valence-corrected chi connectivity index (χ1v) is 4.99. The molecule has 0 amide bonds. The summed E-state index contributed by atoms with van der Waals surface area (Å²) < 4.78 is 0. The van der Waals surface area contributed by atoms with Gasteiger partial charge in [-0.3, -0.25) is 0 Å². The largest absolute Gasteiger partial charge is 0.130 e. The second-order valence-corrected chi connectivity index (χ2v) is 4.58. The van der Waals surface area contributed by atoms with Crippen LogP contribution in [-0.4, -0.2) is 5.75 Å². The molecule has 1 heterocycles.